The first kappa shape index (κ1) is 25.4. The first-order valence-electron chi connectivity index (χ1n) is 10.2. The van der Waals surface area contributed by atoms with Gasteiger partial charge in [-0.2, -0.15) is 22.0 Å². The van der Waals surface area contributed by atoms with Gasteiger partial charge in [-0.3, -0.25) is 4.79 Å². The lowest BCUT2D eigenvalue weighted by atomic mass is 10.1. The van der Waals surface area contributed by atoms with Crippen molar-refractivity contribution in [2.45, 2.75) is 19.0 Å². The molecule has 0 aromatic heterocycles. The van der Waals surface area contributed by atoms with Crippen molar-refractivity contribution in [1.82, 2.24) is 0 Å². The minimum absolute atomic E-state index is 0.252. The Morgan fingerprint density at radius 3 is 1.35 bits per heavy atom. The molecule has 0 unspecified atom stereocenters. The van der Waals surface area contributed by atoms with E-state index in [2.05, 4.69) is 0 Å². The normalized spacial score (nSPS) is 12.2. The van der Waals surface area contributed by atoms with Crippen molar-refractivity contribution < 1.29 is 36.3 Å². The van der Waals surface area contributed by atoms with Crippen LogP contribution in [0, 0.1) is 0 Å². The van der Waals surface area contributed by atoms with Crippen LogP contribution in [0.3, 0.4) is 0 Å². The van der Waals surface area contributed by atoms with E-state index in [1.165, 1.54) is 43.3 Å². The summed E-state index contributed by atoms with van der Waals surface area (Å²) in [6.45, 7) is -2.82. The second-order valence-electron chi connectivity index (χ2n) is 7.15. The van der Waals surface area contributed by atoms with Gasteiger partial charge in [0.1, 0.15) is 5.29 Å². The van der Waals surface area contributed by atoms with Crippen LogP contribution < -0.4 is 15.9 Å². The smallest absolute Gasteiger partial charge is 0.461 e. The Labute approximate surface area is 193 Å². The van der Waals surface area contributed by atoms with Crippen LogP contribution in [-0.2, 0) is 14.3 Å². The molecule has 0 aliphatic rings. The molecule has 0 fully saturated rings. The molecule has 0 bridgehead atoms. The lowest BCUT2D eigenvalue weighted by Gasteiger charge is -2.32. The molecule has 34 heavy (non-hydrogen) atoms. The van der Waals surface area contributed by atoms with Gasteiger partial charge < -0.3 is 4.74 Å². The van der Waals surface area contributed by atoms with Crippen LogP contribution in [0.25, 0.3) is 0 Å². The Morgan fingerprint density at radius 2 is 1.06 bits per heavy atom. The fraction of sp³-hybridized carbons (Fsp3) is 0.160. The highest BCUT2D eigenvalue weighted by Crippen LogP contribution is 2.49. The molecule has 3 aromatic rings. The van der Waals surface area contributed by atoms with Gasteiger partial charge in [-0.15, -0.1) is 0 Å². The zero-order valence-electron chi connectivity index (χ0n) is 17.9. The lowest BCUT2D eigenvalue weighted by molar-refractivity contribution is -0.265. The predicted molar refractivity (Wildman–Crippen MR) is 123 cm³/mol. The summed E-state index contributed by atoms with van der Waals surface area (Å²) in [6, 6.07) is 23.3. The van der Waals surface area contributed by atoms with Crippen molar-refractivity contribution in [3.05, 3.63) is 91.0 Å². The van der Waals surface area contributed by atoms with Crippen molar-refractivity contribution in [1.29, 1.82) is 0 Å². The van der Waals surface area contributed by atoms with Gasteiger partial charge in [-0.25, -0.2) is 4.79 Å². The van der Waals surface area contributed by atoms with Crippen LogP contribution in [-0.4, -0.2) is 35.8 Å². The fourth-order valence-corrected chi connectivity index (χ4v) is 7.96. The summed E-state index contributed by atoms with van der Waals surface area (Å²) in [4.78, 5) is 26.3. The third-order valence-corrected chi connectivity index (χ3v) is 9.37. The van der Waals surface area contributed by atoms with E-state index >= 15 is 0 Å². The number of benzene rings is 3. The average molecular weight is 494 g/mol. The molecule has 0 spiro atoms. The second kappa shape index (κ2) is 9.94. The van der Waals surface area contributed by atoms with E-state index in [4.69, 9.17) is 4.74 Å². The number of alkyl halides is 5. The van der Waals surface area contributed by atoms with Crippen molar-refractivity contribution in [2.24, 2.45) is 0 Å². The van der Waals surface area contributed by atoms with E-state index < -0.39 is 36.0 Å². The molecule has 9 heteroatoms. The highest BCUT2D eigenvalue weighted by Gasteiger charge is 2.65. The quantitative estimate of drug-likeness (QED) is 0.211. The predicted octanol–water partition coefficient (Wildman–Crippen LogP) is 4.48. The Hall–Kier alpha value is -3.25. The summed E-state index contributed by atoms with van der Waals surface area (Å²) in [5, 5.41) is -0.467. The molecule has 0 atom stereocenters. The molecule has 178 valence electrons. The number of Topliss-reactive ketones (excluding diaryl/α,β-unsaturated/α-hetero) is 1. The Balaban J connectivity index is 2.67. The van der Waals surface area contributed by atoms with Gasteiger partial charge in [0.25, 0.3) is 0 Å². The molecule has 0 saturated heterocycles. The topological polar surface area (TPSA) is 43.4 Å². The largest absolute Gasteiger partial charge is 0.462 e. The number of halogens is 5. The minimum Gasteiger partial charge on any atom is -0.462 e. The minimum atomic E-state index is -6.21. The maximum atomic E-state index is 14.6. The summed E-state index contributed by atoms with van der Waals surface area (Å²) in [5.74, 6) is -9.94. The van der Waals surface area contributed by atoms with Gasteiger partial charge in [0, 0.05) is 0 Å². The number of rotatable bonds is 7. The van der Waals surface area contributed by atoms with Crippen LogP contribution in [0.1, 0.15) is 6.92 Å². The number of hydrogen-bond donors (Lipinski definition) is 0. The Kier molecular flexibility index (Phi) is 7.41. The van der Waals surface area contributed by atoms with Gasteiger partial charge in [-0.05, 0) is 29.7 Å². The van der Waals surface area contributed by atoms with E-state index in [-0.39, 0.29) is 22.5 Å². The lowest BCUT2D eigenvalue weighted by Crippen LogP contribution is -2.51. The summed E-state index contributed by atoms with van der Waals surface area (Å²) in [5.41, 5.74) is 0. The summed E-state index contributed by atoms with van der Waals surface area (Å²) < 4.78 is 74.2. The van der Waals surface area contributed by atoms with Gasteiger partial charge in [0.15, 0.2) is 0 Å². The molecule has 3 rings (SSSR count). The van der Waals surface area contributed by atoms with Crippen LogP contribution >= 0.6 is 6.89 Å². The van der Waals surface area contributed by atoms with Crippen molar-refractivity contribution >= 4 is 39.8 Å². The molecule has 3 aromatic carbocycles. The number of carbonyl (C=O) groups is 2. The first-order valence-corrected chi connectivity index (χ1v) is 12.0. The number of ketones is 1. The maximum absolute atomic E-state index is 14.6. The standard InChI is InChI=1S/C25H20F5O3P/c1-2-33-23(32)21(22(31)24(26,27)25(28,29)30)34(18-12-6-3-7-13-18,19-14-8-4-9-15-19)20-16-10-5-11-17-20/h3-17H,2H2,1H3. The van der Waals surface area contributed by atoms with Gasteiger partial charge in [-0.1, -0.05) is 91.0 Å². The van der Waals surface area contributed by atoms with Gasteiger partial charge in [0.2, 0.25) is 5.78 Å². The maximum Gasteiger partial charge on any atom is 0.461 e. The zero-order chi connectivity index (χ0) is 25.0. The third-order valence-electron chi connectivity index (χ3n) is 5.09. The van der Waals surface area contributed by atoms with Crippen LogP contribution in [0.15, 0.2) is 91.0 Å². The molecule has 0 aliphatic heterocycles. The Bertz CT molecular complexity index is 1100. The van der Waals surface area contributed by atoms with Crippen molar-refractivity contribution in [3.8, 4) is 0 Å². The molecule has 0 radical (unpaired) electrons. The van der Waals surface area contributed by atoms with E-state index in [0.29, 0.717) is 0 Å². The first-order chi connectivity index (χ1) is 16.1. The molecule has 0 aliphatic carbocycles. The van der Waals surface area contributed by atoms with E-state index in [1.54, 1.807) is 54.6 Å². The second-order valence-corrected chi connectivity index (χ2v) is 10.5. The molecule has 3 nitrogen and oxygen atoms in total. The van der Waals surface area contributed by atoms with E-state index in [9.17, 15) is 31.5 Å². The van der Waals surface area contributed by atoms with Gasteiger partial charge in [0.05, 0.1) is 6.61 Å². The highest BCUT2D eigenvalue weighted by molar-refractivity contribution is 7.97. The Morgan fingerprint density at radius 1 is 0.706 bits per heavy atom. The number of ether oxygens (including phenoxy) is 1. The molecule has 0 heterocycles. The molecule has 0 saturated carbocycles. The summed E-state index contributed by atoms with van der Waals surface area (Å²) >= 11 is 0. The third kappa shape index (κ3) is 4.42. The van der Waals surface area contributed by atoms with Crippen LogP contribution in [0.4, 0.5) is 22.0 Å². The highest BCUT2D eigenvalue weighted by atomic mass is 31.2. The molecule has 0 amide bonds. The van der Waals surface area contributed by atoms with Crippen molar-refractivity contribution in [3.63, 3.8) is 0 Å². The number of carbonyl (C=O) groups excluding carboxylic acids is 2. The zero-order valence-corrected chi connectivity index (χ0v) is 18.8. The molecular formula is C25H20F5O3P. The monoisotopic (exact) mass is 494 g/mol. The van der Waals surface area contributed by atoms with E-state index in [0.717, 1.165) is 0 Å². The fourth-order valence-electron chi connectivity index (χ4n) is 3.65. The van der Waals surface area contributed by atoms with Gasteiger partial charge >= 0.3 is 18.1 Å². The van der Waals surface area contributed by atoms with Crippen LogP contribution in [0.5, 0.6) is 0 Å². The number of esters is 1. The molecule has 0 N–H and O–H groups in total. The summed E-state index contributed by atoms with van der Waals surface area (Å²) in [7, 11) is 0. The number of hydrogen-bond acceptors (Lipinski definition) is 3. The van der Waals surface area contributed by atoms with E-state index in [1.807, 2.05) is 0 Å². The summed E-state index contributed by atoms with van der Waals surface area (Å²) in [6.07, 6.45) is -6.21. The average Bonchev–Trinajstić information content (AvgIpc) is 2.83. The molecular weight excluding hydrogens is 474 g/mol. The van der Waals surface area contributed by atoms with Crippen molar-refractivity contribution in [2.75, 3.05) is 6.61 Å². The van der Waals surface area contributed by atoms with Crippen LogP contribution in [0.2, 0.25) is 0 Å². The SMILES string of the molecule is CCOC(=O)C(C(=O)C(F)(F)C(F)(F)F)=P(c1ccccc1)(c1ccccc1)c1ccccc1.